The molecule has 4 nitrogen and oxygen atoms in total. The summed E-state index contributed by atoms with van der Waals surface area (Å²) < 4.78 is 17.1. The van der Waals surface area contributed by atoms with E-state index in [4.69, 9.17) is 25.6 Å². The molecular formula is C15H20BClO4. The number of hydrogen-bond acceptors (Lipinski definition) is 4. The molecule has 0 atom stereocenters. The Bertz CT molecular complexity index is 541. The second-order valence-electron chi connectivity index (χ2n) is 6.04. The van der Waals surface area contributed by atoms with Crippen molar-refractivity contribution in [2.75, 3.05) is 6.61 Å². The van der Waals surface area contributed by atoms with Gasteiger partial charge in [0.15, 0.2) is 0 Å². The predicted molar refractivity (Wildman–Crippen MR) is 83.1 cm³/mol. The first kappa shape index (κ1) is 16.3. The number of ether oxygens (including phenoxy) is 1. The minimum Gasteiger partial charge on any atom is -0.462 e. The molecule has 0 aliphatic carbocycles. The second kappa shape index (κ2) is 5.63. The molecule has 2 rings (SSSR count). The summed E-state index contributed by atoms with van der Waals surface area (Å²) in [6.45, 7) is 9.92. The van der Waals surface area contributed by atoms with Crippen LogP contribution in [0.15, 0.2) is 18.2 Å². The molecule has 0 unspecified atom stereocenters. The summed E-state index contributed by atoms with van der Waals surface area (Å²) in [6, 6.07) is 5.04. The molecule has 1 heterocycles. The summed E-state index contributed by atoms with van der Waals surface area (Å²) in [7, 11) is -0.619. The summed E-state index contributed by atoms with van der Waals surface area (Å²) >= 11 is 5.99. The first-order valence-electron chi connectivity index (χ1n) is 7.00. The van der Waals surface area contributed by atoms with Crippen LogP contribution in [0.4, 0.5) is 0 Å². The molecule has 0 spiro atoms. The molecule has 0 radical (unpaired) electrons. The lowest BCUT2D eigenvalue weighted by Crippen LogP contribution is -2.41. The maximum absolute atomic E-state index is 12.1. The van der Waals surface area contributed by atoms with Crippen molar-refractivity contribution in [3.8, 4) is 0 Å². The quantitative estimate of drug-likeness (QED) is 0.636. The third-order valence-electron chi connectivity index (χ3n) is 4.02. The van der Waals surface area contributed by atoms with E-state index >= 15 is 0 Å². The molecule has 1 saturated heterocycles. The smallest absolute Gasteiger partial charge is 0.462 e. The third kappa shape index (κ3) is 3.10. The zero-order valence-electron chi connectivity index (χ0n) is 13.0. The van der Waals surface area contributed by atoms with Crippen molar-refractivity contribution in [1.82, 2.24) is 0 Å². The van der Waals surface area contributed by atoms with Crippen molar-refractivity contribution in [3.05, 3.63) is 28.8 Å². The summed E-state index contributed by atoms with van der Waals surface area (Å²) in [5.74, 6) is -0.426. The van der Waals surface area contributed by atoms with Crippen LogP contribution in [0.5, 0.6) is 0 Å². The average molecular weight is 311 g/mol. The zero-order valence-corrected chi connectivity index (χ0v) is 13.8. The molecular weight excluding hydrogens is 290 g/mol. The van der Waals surface area contributed by atoms with Gasteiger partial charge in [-0.25, -0.2) is 4.79 Å². The van der Waals surface area contributed by atoms with E-state index in [0.29, 0.717) is 22.7 Å². The summed E-state index contributed by atoms with van der Waals surface area (Å²) in [5, 5.41) is 0.471. The number of carbonyl (C=O) groups excluding carboxylic acids is 1. The fourth-order valence-corrected chi connectivity index (χ4v) is 2.26. The standard InChI is InChI=1S/C15H20BClO4/c1-6-19-13(18)11-9-10(17)7-8-12(11)16-20-14(2,3)15(4,5)21-16/h7-9H,6H2,1-5H3. The van der Waals surface area contributed by atoms with Crippen molar-refractivity contribution in [2.24, 2.45) is 0 Å². The normalized spacial score (nSPS) is 19.6. The van der Waals surface area contributed by atoms with Gasteiger partial charge in [-0.05, 0) is 52.2 Å². The van der Waals surface area contributed by atoms with Crippen molar-refractivity contribution in [2.45, 2.75) is 45.8 Å². The van der Waals surface area contributed by atoms with Gasteiger partial charge in [-0.3, -0.25) is 0 Å². The third-order valence-corrected chi connectivity index (χ3v) is 4.25. The van der Waals surface area contributed by atoms with Crippen LogP contribution in [0.3, 0.4) is 0 Å². The van der Waals surface area contributed by atoms with Crippen molar-refractivity contribution in [3.63, 3.8) is 0 Å². The van der Waals surface area contributed by atoms with Crippen LogP contribution >= 0.6 is 11.6 Å². The van der Waals surface area contributed by atoms with Gasteiger partial charge in [0.1, 0.15) is 0 Å². The molecule has 0 N–H and O–H groups in total. The van der Waals surface area contributed by atoms with Crippen LogP contribution in [0.1, 0.15) is 45.0 Å². The van der Waals surface area contributed by atoms with Crippen LogP contribution in [0.2, 0.25) is 5.02 Å². The summed E-state index contributed by atoms with van der Waals surface area (Å²) in [5.41, 5.74) is 0.0753. The van der Waals surface area contributed by atoms with Crippen molar-refractivity contribution < 1.29 is 18.8 Å². The Kier molecular flexibility index (Phi) is 4.38. The molecule has 0 amide bonds. The minimum atomic E-state index is -0.619. The van der Waals surface area contributed by atoms with Gasteiger partial charge in [0.2, 0.25) is 0 Å². The van der Waals surface area contributed by atoms with E-state index in [2.05, 4.69) is 0 Å². The number of halogens is 1. The van der Waals surface area contributed by atoms with E-state index in [1.165, 1.54) is 0 Å². The lowest BCUT2D eigenvalue weighted by atomic mass is 9.76. The van der Waals surface area contributed by atoms with Gasteiger partial charge in [-0.1, -0.05) is 17.7 Å². The monoisotopic (exact) mass is 310 g/mol. The Hall–Kier alpha value is -1.04. The molecule has 1 aliphatic rings. The highest BCUT2D eigenvalue weighted by Gasteiger charge is 2.52. The second-order valence-corrected chi connectivity index (χ2v) is 6.48. The molecule has 6 heteroatoms. The van der Waals surface area contributed by atoms with E-state index in [-0.39, 0.29) is 0 Å². The van der Waals surface area contributed by atoms with Crippen LogP contribution in [0, 0.1) is 0 Å². The Morgan fingerprint density at radius 3 is 2.33 bits per heavy atom. The SMILES string of the molecule is CCOC(=O)c1cc(Cl)ccc1B1OC(C)(C)C(C)(C)O1. The van der Waals surface area contributed by atoms with Gasteiger partial charge in [0.25, 0.3) is 0 Å². The summed E-state index contributed by atoms with van der Waals surface area (Å²) in [6.07, 6.45) is 0. The van der Waals surface area contributed by atoms with Gasteiger partial charge >= 0.3 is 13.1 Å². The Balaban J connectivity index is 2.39. The largest absolute Gasteiger partial charge is 0.495 e. The van der Waals surface area contributed by atoms with E-state index in [0.717, 1.165) is 0 Å². The molecule has 1 fully saturated rings. The van der Waals surface area contributed by atoms with Crippen molar-refractivity contribution in [1.29, 1.82) is 0 Å². The first-order chi connectivity index (χ1) is 9.68. The van der Waals surface area contributed by atoms with Crippen LogP contribution in [0.25, 0.3) is 0 Å². The average Bonchev–Trinajstić information content (AvgIpc) is 2.58. The predicted octanol–water partition coefficient (Wildman–Crippen LogP) is 2.82. The fourth-order valence-electron chi connectivity index (χ4n) is 2.09. The lowest BCUT2D eigenvalue weighted by molar-refractivity contribution is 0.00578. The number of benzene rings is 1. The zero-order chi connectivity index (χ0) is 15.8. The summed E-state index contributed by atoms with van der Waals surface area (Å²) in [4.78, 5) is 12.1. The van der Waals surface area contributed by atoms with Crippen LogP contribution < -0.4 is 5.46 Å². The Morgan fingerprint density at radius 2 is 1.81 bits per heavy atom. The van der Waals surface area contributed by atoms with E-state index in [1.807, 2.05) is 27.7 Å². The first-order valence-corrected chi connectivity index (χ1v) is 7.38. The van der Waals surface area contributed by atoms with Crippen LogP contribution in [-0.4, -0.2) is 30.9 Å². The van der Waals surface area contributed by atoms with Crippen LogP contribution in [-0.2, 0) is 14.0 Å². The van der Waals surface area contributed by atoms with Crippen molar-refractivity contribution >= 4 is 30.2 Å². The molecule has 0 bridgehead atoms. The maximum Gasteiger partial charge on any atom is 0.495 e. The van der Waals surface area contributed by atoms with Gasteiger partial charge in [0.05, 0.1) is 23.4 Å². The lowest BCUT2D eigenvalue weighted by Gasteiger charge is -2.32. The molecule has 21 heavy (non-hydrogen) atoms. The van der Waals surface area contributed by atoms with Gasteiger partial charge < -0.3 is 14.0 Å². The van der Waals surface area contributed by atoms with E-state index in [1.54, 1.807) is 25.1 Å². The fraction of sp³-hybridized carbons (Fsp3) is 0.533. The highest BCUT2D eigenvalue weighted by Crippen LogP contribution is 2.36. The van der Waals surface area contributed by atoms with Gasteiger partial charge in [0, 0.05) is 5.02 Å². The topological polar surface area (TPSA) is 44.8 Å². The maximum atomic E-state index is 12.1. The minimum absolute atomic E-state index is 0.300. The van der Waals surface area contributed by atoms with Gasteiger partial charge in [-0.2, -0.15) is 0 Å². The molecule has 114 valence electrons. The molecule has 0 aromatic heterocycles. The number of carbonyl (C=O) groups is 1. The number of esters is 1. The van der Waals surface area contributed by atoms with Gasteiger partial charge in [-0.15, -0.1) is 0 Å². The molecule has 1 aromatic rings. The Labute approximate surface area is 130 Å². The number of hydrogen-bond donors (Lipinski definition) is 0. The molecule has 0 saturated carbocycles. The van der Waals surface area contributed by atoms with E-state index < -0.39 is 24.3 Å². The highest BCUT2D eigenvalue weighted by molar-refractivity contribution is 6.63. The molecule has 1 aromatic carbocycles. The van der Waals surface area contributed by atoms with E-state index in [9.17, 15) is 4.79 Å². The highest BCUT2D eigenvalue weighted by atomic mass is 35.5. The Morgan fingerprint density at radius 1 is 1.24 bits per heavy atom. The molecule has 1 aliphatic heterocycles. The number of rotatable bonds is 3.